The number of hydrogen-bond donors (Lipinski definition) is 0. The van der Waals surface area contributed by atoms with E-state index in [0.717, 1.165) is 5.56 Å². The van der Waals surface area contributed by atoms with E-state index in [1.165, 1.54) is 10.5 Å². The molecular weight excluding hydrogens is 314 g/mol. The fraction of sp³-hybridized carbons (Fsp3) is 0.111. The lowest BCUT2D eigenvalue weighted by molar-refractivity contribution is 0.0529. The Hall–Kier alpha value is -2.59. The fourth-order valence-electron chi connectivity index (χ4n) is 2.52. The summed E-state index contributed by atoms with van der Waals surface area (Å²) in [7, 11) is 0. The summed E-state index contributed by atoms with van der Waals surface area (Å²) in [5.41, 5.74) is 1.95. The fourth-order valence-corrected chi connectivity index (χ4v) is 2.64. The summed E-state index contributed by atoms with van der Waals surface area (Å²) in [5, 5.41) is 0.587. The van der Waals surface area contributed by atoms with Gasteiger partial charge in [-0.15, -0.1) is 0 Å². The van der Waals surface area contributed by atoms with Gasteiger partial charge in [0.1, 0.15) is 0 Å². The van der Waals surface area contributed by atoms with E-state index in [4.69, 9.17) is 16.3 Å². The number of halogens is 1. The molecule has 0 N–H and O–H groups in total. The molecule has 0 amide bonds. The Balaban J connectivity index is 2.36. The van der Waals surface area contributed by atoms with Crippen molar-refractivity contribution < 1.29 is 9.53 Å². The van der Waals surface area contributed by atoms with E-state index >= 15 is 0 Å². The maximum absolute atomic E-state index is 12.5. The molecule has 3 rings (SSSR count). The maximum atomic E-state index is 12.5. The number of ether oxygens (including phenoxy) is 1. The van der Waals surface area contributed by atoms with Gasteiger partial charge in [0.15, 0.2) is 0 Å². The third kappa shape index (κ3) is 2.85. The Morgan fingerprint density at radius 1 is 1.17 bits per heavy atom. The SMILES string of the molecule is CCOC(=O)c1c(-c2ccc(Cl)cc2)cc(=O)n2ccccc12. The molecule has 0 radical (unpaired) electrons. The van der Waals surface area contributed by atoms with E-state index in [-0.39, 0.29) is 12.2 Å². The molecule has 0 bridgehead atoms. The van der Waals surface area contributed by atoms with Gasteiger partial charge in [0.2, 0.25) is 0 Å². The molecule has 0 fully saturated rings. The van der Waals surface area contributed by atoms with Crippen molar-refractivity contribution in [3.63, 3.8) is 0 Å². The molecule has 0 aliphatic rings. The third-order valence-corrected chi connectivity index (χ3v) is 3.78. The highest BCUT2D eigenvalue weighted by molar-refractivity contribution is 6.30. The number of esters is 1. The molecule has 2 heterocycles. The molecule has 23 heavy (non-hydrogen) atoms. The molecular formula is C18H14ClNO3. The molecule has 0 unspecified atom stereocenters. The largest absolute Gasteiger partial charge is 0.462 e. The molecule has 0 aliphatic heterocycles. The van der Waals surface area contributed by atoms with E-state index in [1.54, 1.807) is 55.6 Å². The standard InChI is InChI=1S/C18H14ClNO3/c1-2-23-18(22)17-14(12-6-8-13(19)9-7-12)11-16(21)20-10-4-3-5-15(17)20/h3-11H,2H2,1H3. The number of aromatic nitrogens is 1. The molecule has 2 aromatic heterocycles. The minimum Gasteiger partial charge on any atom is -0.462 e. The average Bonchev–Trinajstić information content (AvgIpc) is 2.55. The van der Waals surface area contributed by atoms with E-state index in [0.29, 0.717) is 21.7 Å². The lowest BCUT2D eigenvalue weighted by atomic mass is 9.99. The first-order valence-electron chi connectivity index (χ1n) is 7.19. The number of nitrogens with zero attached hydrogens (tertiary/aromatic N) is 1. The van der Waals surface area contributed by atoms with Crippen LogP contribution in [-0.4, -0.2) is 17.0 Å². The van der Waals surface area contributed by atoms with Gasteiger partial charge in [-0.25, -0.2) is 4.79 Å². The average molecular weight is 328 g/mol. The van der Waals surface area contributed by atoms with Gasteiger partial charge < -0.3 is 4.74 Å². The van der Waals surface area contributed by atoms with Crippen LogP contribution in [-0.2, 0) is 4.74 Å². The second-order valence-corrected chi connectivity index (χ2v) is 5.39. The van der Waals surface area contributed by atoms with Crippen molar-refractivity contribution in [3.05, 3.63) is 75.7 Å². The second kappa shape index (κ2) is 6.26. The van der Waals surface area contributed by atoms with Crippen LogP contribution in [0, 0.1) is 0 Å². The first kappa shape index (κ1) is 15.3. The van der Waals surface area contributed by atoms with E-state index in [1.807, 2.05) is 0 Å². The third-order valence-electron chi connectivity index (χ3n) is 3.53. The van der Waals surface area contributed by atoms with Crippen molar-refractivity contribution >= 4 is 23.1 Å². The lowest BCUT2D eigenvalue weighted by Crippen LogP contribution is -2.18. The monoisotopic (exact) mass is 327 g/mol. The van der Waals surface area contributed by atoms with Crippen LogP contribution in [0.25, 0.3) is 16.6 Å². The zero-order valence-electron chi connectivity index (χ0n) is 12.5. The van der Waals surface area contributed by atoms with Gasteiger partial charge in [0.25, 0.3) is 5.56 Å². The highest BCUT2D eigenvalue weighted by atomic mass is 35.5. The van der Waals surface area contributed by atoms with E-state index in [2.05, 4.69) is 0 Å². The van der Waals surface area contributed by atoms with Crippen LogP contribution in [0.5, 0.6) is 0 Å². The van der Waals surface area contributed by atoms with Crippen LogP contribution in [0.15, 0.2) is 59.5 Å². The summed E-state index contributed by atoms with van der Waals surface area (Å²) < 4.78 is 6.62. The first-order chi connectivity index (χ1) is 11.1. The highest BCUT2D eigenvalue weighted by Gasteiger charge is 2.19. The molecule has 0 spiro atoms. The van der Waals surface area contributed by atoms with Crippen molar-refractivity contribution in [2.75, 3.05) is 6.61 Å². The van der Waals surface area contributed by atoms with Crippen LogP contribution < -0.4 is 5.56 Å². The Labute approximate surface area is 137 Å². The second-order valence-electron chi connectivity index (χ2n) is 4.95. The maximum Gasteiger partial charge on any atom is 0.340 e. The molecule has 0 saturated heterocycles. The summed E-state index contributed by atoms with van der Waals surface area (Å²) in [6.07, 6.45) is 1.63. The van der Waals surface area contributed by atoms with Crippen LogP contribution in [0.1, 0.15) is 17.3 Å². The van der Waals surface area contributed by atoms with Gasteiger partial charge >= 0.3 is 5.97 Å². The van der Waals surface area contributed by atoms with Gasteiger partial charge in [-0.05, 0) is 36.8 Å². The summed E-state index contributed by atoms with van der Waals surface area (Å²) >= 11 is 5.92. The van der Waals surface area contributed by atoms with Gasteiger partial charge in [0, 0.05) is 22.8 Å². The van der Waals surface area contributed by atoms with Gasteiger partial charge in [-0.2, -0.15) is 0 Å². The van der Waals surface area contributed by atoms with Gasteiger partial charge in [-0.1, -0.05) is 29.8 Å². The topological polar surface area (TPSA) is 47.8 Å². The van der Waals surface area contributed by atoms with Crippen LogP contribution in [0.3, 0.4) is 0 Å². The molecule has 0 aliphatic carbocycles. The van der Waals surface area contributed by atoms with E-state index < -0.39 is 5.97 Å². The van der Waals surface area contributed by atoms with Crippen molar-refractivity contribution in [1.29, 1.82) is 0 Å². The van der Waals surface area contributed by atoms with Crippen molar-refractivity contribution in [2.24, 2.45) is 0 Å². The minimum atomic E-state index is -0.457. The zero-order chi connectivity index (χ0) is 16.4. The first-order valence-corrected chi connectivity index (χ1v) is 7.57. The Kier molecular flexibility index (Phi) is 4.17. The van der Waals surface area contributed by atoms with Gasteiger partial charge in [-0.3, -0.25) is 9.20 Å². The molecule has 0 atom stereocenters. The summed E-state index contributed by atoms with van der Waals surface area (Å²) in [4.78, 5) is 24.8. The predicted octanol–water partition coefficient (Wildman–Crippen LogP) is 3.80. The number of hydrogen-bond acceptors (Lipinski definition) is 3. The Bertz CT molecular complexity index is 929. The number of carbonyl (C=O) groups excluding carboxylic acids is 1. The molecule has 5 heteroatoms. The summed E-state index contributed by atoms with van der Waals surface area (Å²) in [5.74, 6) is -0.457. The normalized spacial score (nSPS) is 10.7. The molecule has 0 saturated carbocycles. The minimum absolute atomic E-state index is 0.210. The highest BCUT2D eigenvalue weighted by Crippen LogP contribution is 2.27. The number of fused-ring (bicyclic) bond motifs is 1. The Morgan fingerprint density at radius 3 is 2.61 bits per heavy atom. The molecule has 1 aromatic carbocycles. The molecule has 3 aromatic rings. The van der Waals surface area contributed by atoms with Crippen molar-refractivity contribution in [3.8, 4) is 11.1 Å². The lowest BCUT2D eigenvalue weighted by Gasteiger charge is -2.13. The zero-order valence-corrected chi connectivity index (χ0v) is 13.2. The number of carbonyl (C=O) groups is 1. The number of pyridine rings is 2. The van der Waals surface area contributed by atoms with E-state index in [9.17, 15) is 9.59 Å². The summed E-state index contributed by atoms with van der Waals surface area (Å²) in [6.45, 7) is 2.01. The van der Waals surface area contributed by atoms with Crippen LogP contribution in [0.4, 0.5) is 0 Å². The summed E-state index contributed by atoms with van der Waals surface area (Å²) in [6, 6.07) is 13.7. The Morgan fingerprint density at radius 2 is 1.91 bits per heavy atom. The smallest absolute Gasteiger partial charge is 0.340 e. The van der Waals surface area contributed by atoms with Crippen molar-refractivity contribution in [2.45, 2.75) is 6.92 Å². The van der Waals surface area contributed by atoms with Crippen LogP contribution >= 0.6 is 11.6 Å². The molecule has 116 valence electrons. The number of benzene rings is 1. The van der Waals surface area contributed by atoms with Crippen LogP contribution in [0.2, 0.25) is 5.02 Å². The quantitative estimate of drug-likeness (QED) is 0.687. The molecule has 4 nitrogen and oxygen atoms in total. The number of rotatable bonds is 3. The predicted molar refractivity (Wildman–Crippen MR) is 90.1 cm³/mol. The van der Waals surface area contributed by atoms with Gasteiger partial charge in [0.05, 0.1) is 17.7 Å². The van der Waals surface area contributed by atoms with Crippen molar-refractivity contribution in [1.82, 2.24) is 4.40 Å².